The predicted molar refractivity (Wildman–Crippen MR) is 93.1 cm³/mol. The van der Waals surface area contributed by atoms with Crippen LogP contribution < -0.4 is 9.47 Å². The van der Waals surface area contributed by atoms with Crippen molar-refractivity contribution in [1.29, 1.82) is 0 Å². The molecule has 0 aliphatic carbocycles. The SMILES string of the molecule is COc1ccc(C)cc1/C=C/C(=O)Oc1c(C)ccc(C)c1C. The first-order valence-corrected chi connectivity index (χ1v) is 7.53. The largest absolute Gasteiger partial charge is 0.496 e. The molecule has 0 heterocycles. The average molecular weight is 310 g/mol. The molecular formula is C20H22O3. The lowest BCUT2D eigenvalue weighted by Crippen LogP contribution is -2.07. The summed E-state index contributed by atoms with van der Waals surface area (Å²) in [6.45, 7) is 7.88. The molecule has 3 heteroatoms. The van der Waals surface area contributed by atoms with E-state index >= 15 is 0 Å². The standard InChI is InChI=1S/C20H22O3/c1-13-6-10-18(22-5)17(12-13)9-11-19(21)23-20-15(3)8-7-14(2)16(20)4/h6-12H,1-5H3/b11-9+. The first kappa shape index (κ1) is 16.8. The van der Waals surface area contributed by atoms with Crippen LogP contribution in [0.4, 0.5) is 0 Å². The second kappa shape index (κ2) is 7.14. The van der Waals surface area contributed by atoms with Crippen LogP contribution >= 0.6 is 0 Å². The number of rotatable bonds is 4. The molecule has 23 heavy (non-hydrogen) atoms. The number of methoxy groups -OCH3 is 1. The zero-order valence-electron chi connectivity index (χ0n) is 14.3. The monoisotopic (exact) mass is 310 g/mol. The summed E-state index contributed by atoms with van der Waals surface area (Å²) in [5.41, 5.74) is 4.98. The van der Waals surface area contributed by atoms with Gasteiger partial charge in [-0.2, -0.15) is 0 Å². The van der Waals surface area contributed by atoms with Gasteiger partial charge < -0.3 is 9.47 Å². The molecular weight excluding hydrogens is 288 g/mol. The molecule has 2 rings (SSSR count). The Morgan fingerprint density at radius 2 is 1.70 bits per heavy atom. The summed E-state index contributed by atoms with van der Waals surface area (Å²) < 4.78 is 10.8. The molecule has 0 radical (unpaired) electrons. The number of esters is 1. The van der Waals surface area contributed by atoms with Gasteiger partial charge in [0.1, 0.15) is 11.5 Å². The number of hydrogen-bond donors (Lipinski definition) is 0. The fraction of sp³-hybridized carbons (Fsp3) is 0.250. The van der Waals surface area contributed by atoms with Crippen LogP contribution in [-0.2, 0) is 4.79 Å². The van der Waals surface area contributed by atoms with Gasteiger partial charge in [-0.3, -0.25) is 0 Å². The summed E-state index contributed by atoms with van der Waals surface area (Å²) >= 11 is 0. The molecule has 120 valence electrons. The molecule has 0 amide bonds. The molecule has 0 saturated heterocycles. The van der Waals surface area contributed by atoms with Crippen molar-refractivity contribution in [2.75, 3.05) is 7.11 Å². The van der Waals surface area contributed by atoms with E-state index in [1.165, 1.54) is 6.08 Å². The van der Waals surface area contributed by atoms with Gasteiger partial charge in [0.2, 0.25) is 0 Å². The zero-order chi connectivity index (χ0) is 17.0. The van der Waals surface area contributed by atoms with Gasteiger partial charge in [0.15, 0.2) is 0 Å². The molecule has 3 nitrogen and oxygen atoms in total. The fourth-order valence-corrected chi connectivity index (χ4v) is 2.36. The van der Waals surface area contributed by atoms with Crippen LogP contribution in [0.5, 0.6) is 11.5 Å². The van der Waals surface area contributed by atoms with Gasteiger partial charge in [0, 0.05) is 11.6 Å². The fourth-order valence-electron chi connectivity index (χ4n) is 2.36. The highest BCUT2D eigenvalue weighted by atomic mass is 16.5. The Labute approximate surface area is 137 Å². The number of carbonyl (C=O) groups is 1. The maximum atomic E-state index is 12.1. The lowest BCUT2D eigenvalue weighted by atomic mass is 10.1. The van der Waals surface area contributed by atoms with E-state index in [4.69, 9.17) is 9.47 Å². The second-order valence-corrected chi connectivity index (χ2v) is 5.65. The Bertz CT molecular complexity index is 758. The summed E-state index contributed by atoms with van der Waals surface area (Å²) in [4.78, 5) is 12.1. The third-order valence-corrected chi connectivity index (χ3v) is 3.86. The first-order valence-electron chi connectivity index (χ1n) is 7.53. The molecule has 0 saturated carbocycles. The molecule has 2 aromatic rings. The van der Waals surface area contributed by atoms with E-state index in [9.17, 15) is 4.79 Å². The van der Waals surface area contributed by atoms with Crippen molar-refractivity contribution < 1.29 is 14.3 Å². The number of ether oxygens (including phenoxy) is 2. The Hall–Kier alpha value is -2.55. The van der Waals surface area contributed by atoms with Crippen molar-refractivity contribution in [1.82, 2.24) is 0 Å². The van der Waals surface area contributed by atoms with Gasteiger partial charge in [0.05, 0.1) is 7.11 Å². The lowest BCUT2D eigenvalue weighted by molar-refractivity contribution is -0.129. The van der Waals surface area contributed by atoms with E-state index in [0.29, 0.717) is 5.75 Å². The second-order valence-electron chi connectivity index (χ2n) is 5.65. The normalized spacial score (nSPS) is 10.8. The maximum absolute atomic E-state index is 12.1. The number of benzene rings is 2. The highest BCUT2D eigenvalue weighted by Gasteiger charge is 2.10. The molecule has 0 N–H and O–H groups in total. The number of aryl methyl sites for hydroxylation is 3. The van der Waals surface area contributed by atoms with Gasteiger partial charge in [-0.05, 0) is 62.6 Å². The van der Waals surface area contributed by atoms with E-state index in [0.717, 1.165) is 33.6 Å². The van der Waals surface area contributed by atoms with Crippen molar-refractivity contribution in [2.24, 2.45) is 0 Å². The number of carbonyl (C=O) groups excluding carboxylic acids is 1. The van der Waals surface area contributed by atoms with E-state index in [-0.39, 0.29) is 0 Å². The van der Waals surface area contributed by atoms with E-state index in [1.54, 1.807) is 13.2 Å². The van der Waals surface area contributed by atoms with E-state index in [2.05, 4.69) is 0 Å². The Morgan fingerprint density at radius 1 is 1.00 bits per heavy atom. The quantitative estimate of drug-likeness (QED) is 0.472. The van der Waals surface area contributed by atoms with Gasteiger partial charge in [-0.1, -0.05) is 23.8 Å². The van der Waals surface area contributed by atoms with Crippen molar-refractivity contribution in [2.45, 2.75) is 27.7 Å². The van der Waals surface area contributed by atoms with Crippen LogP contribution in [0.3, 0.4) is 0 Å². The summed E-state index contributed by atoms with van der Waals surface area (Å²) in [5, 5.41) is 0. The van der Waals surface area contributed by atoms with Gasteiger partial charge in [0.25, 0.3) is 0 Å². The summed E-state index contributed by atoms with van der Waals surface area (Å²) in [6.07, 6.45) is 3.15. The topological polar surface area (TPSA) is 35.5 Å². The minimum Gasteiger partial charge on any atom is -0.496 e. The van der Waals surface area contributed by atoms with Crippen molar-refractivity contribution in [3.8, 4) is 11.5 Å². The maximum Gasteiger partial charge on any atom is 0.336 e. The minimum atomic E-state index is -0.398. The zero-order valence-corrected chi connectivity index (χ0v) is 14.3. The minimum absolute atomic E-state index is 0.398. The highest BCUT2D eigenvalue weighted by molar-refractivity contribution is 5.89. The molecule has 0 aromatic heterocycles. The highest BCUT2D eigenvalue weighted by Crippen LogP contribution is 2.26. The molecule has 0 aliphatic rings. The molecule has 0 bridgehead atoms. The number of hydrogen-bond acceptors (Lipinski definition) is 3. The predicted octanol–water partition coefficient (Wildman–Crippen LogP) is 4.55. The molecule has 0 spiro atoms. The van der Waals surface area contributed by atoms with Crippen LogP contribution in [-0.4, -0.2) is 13.1 Å². The van der Waals surface area contributed by atoms with Crippen LogP contribution in [0.25, 0.3) is 6.08 Å². The van der Waals surface area contributed by atoms with Gasteiger partial charge >= 0.3 is 5.97 Å². The van der Waals surface area contributed by atoms with Gasteiger partial charge in [-0.15, -0.1) is 0 Å². The van der Waals surface area contributed by atoms with Crippen LogP contribution in [0.15, 0.2) is 36.4 Å². The summed E-state index contributed by atoms with van der Waals surface area (Å²) in [7, 11) is 1.61. The Kier molecular flexibility index (Phi) is 5.22. The molecule has 0 atom stereocenters. The summed E-state index contributed by atoms with van der Waals surface area (Å²) in [5.74, 6) is 0.962. The van der Waals surface area contributed by atoms with Gasteiger partial charge in [-0.25, -0.2) is 4.79 Å². The lowest BCUT2D eigenvalue weighted by Gasteiger charge is -2.11. The van der Waals surface area contributed by atoms with Crippen molar-refractivity contribution >= 4 is 12.0 Å². The molecule has 0 unspecified atom stereocenters. The molecule has 2 aromatic carbocycles. The van der Waals surface area contributed by atoms with E-state index in [1.807, 2.05) is 58.0 Å². The average Bonchev–Trinajstić information content (AvgIpc) is 2.53. The summed E-state index contributed by atoms with van der Waals surface area (Å²) in [6, 6.07) is 9.79. The van der Waals surface area contributed by atoms with Crippen molar-refractivity contribution in [3.05, 3.63) is 64.2 Å². The van der Waals surface area contributed by atoms with Crippen LogP contribution in [0, 0.1) is 27.7 Å². The third kappa shape index (κ3) is 4.01. The first-order chi connectivity index (χ1) is 10.9. The molecule has 0 fully saturated rings. The van der Waals surface area contributed by atoms with Crippen LogP contribution in [0.2, 0.25) is 0 Å². The Balaban J connectivity index is 2.21. The Morgan fingerprint density at radius 3 is 2.39 bits per heavy atom. The smallest absolute Gasteiger partial charge is 0.336 e. The van der Waals surface area contributed by atoms with Crippen molar-refractivity contribution in [3.63, 3.8) is 0 Å². The third-order valence-electron chi connectivity index (χ3n) is 3.86. The van der Waals surface area contributed by atoms with Crippen LogP contribution in [0.1, 0.15) is 27.8 Å². The molecule has 0 aliphatic heterocycles. The van der Waals surface area contributed by atoms with E-state index < -0.39 is 5.97 Å².